The van der Waals surface area contributed by atoms with Crippen molar-refractivity contribution in [3.8, 4) is 0 Å². The van der Waals surface area contributed by atoms with Gasteiger partial charge in [-0.1, -0.05) is 26.7 Å². The van der Waals surface area contributed by atoms with E-state index in [1.807, 2.05) is 0 Å². The zero-order valence-electron chi connectivity index (χ0n) is 13.7. The van der Waals surface area contributed by atoms with Gasteiger partial charge in [-0.2, -0.15) is 0 Å². The highest BCUT2D eigenvalue weighted by Crippen LogP contribution is 2.33. The fourth-order valence-corrected chi connectivity index (χ4v) is 4.87. The van der Waals surface area contributed by atoms with E-state index in [0.29, 0.717) is 18.0 Å². The van der Waals surface area contributed by atoms with E-state index >= 15 is 0 Å². The lowest BCUT2D eigenvalue weighted by molar-refractivity contribution is -0.125. The normalized spacial score (nSPS) is 43.9. The van der Waals surface area contributed by atoms with Crippen LogP contribution in [0.3, 0.4) is 0 Å². The molecule has 3 heteroatoms. The largest absolute Gasteiger partial charge is 0.352 e. The first-order valence-electron chi connectivity index (χ1n) is 9.20. The molecule has 2 aliphatic carbocycles. The molecule has 1 aliphatic heterocycles. The summed E-state index contributed by atoms with van der Waals surface area (Å²) in [5.74, 6) is 2.55. The van der Waals surface area contributed by atoms with Crippen molar-refractivity contribution in [2.24, 2.45) is 17.8 Å². The molecular weight excluding hydrogens is 260 g/mol. The number of carbonyl (C=O) groups is 1. The average molecular weight is 292 g/mol. The Labute approximate surface area is 129 Å². The highest BCUT2D eigenvalue weighted by atomic mass is 16.2. The molecule has 6 unspecified atom stereocenters. The minimum absolute atomic E-state index is 0.0656. The van der Waals surface area contributed by atoms with Gasteiger partial charge >= 0.3 is 0 Å². The molecule has 120 valence electrons. The zero-order valence-corrected chi connectivity index (χ0v) is 13.7. The Morgan fingerprint density at radius 3 is 2.62 bits per heavy atom. The summed E-state index contributed by atoms with van der Waals surface area (Å²) in [4.78, 5) is 12.6. The summed E-state index contributed by atoms with van der Waals surface area (Å²) in [6.07, 6.45) is 11.3. The van der Waals surface area contributed by atoms with Gasteiger partial charge in [-0.25, -0.2) is 0 Å². The molecule has 0 bridgehead atoms. The predicted molar refractivity (Wildman–Crippen MR) is 86.0 cm³/mol. The third-order valence-corrected chi connectivity index (χ3v) is 6.23. The summed E-state index contributed by atoms with van der Waals surface area (Å²) in [5.41, 5.74) is 0. The van der Waals surface area contributed by atoms with E-state index < -0.39 is 0 Å². The molecule has 3 rings (SSSR count). The summed E-state index contributed by atoms with van der Waals surface area (Å²) in [7, 11) is 0. The van der Waals surface area contributed by atoms with Gasteiger partial charge in [0, 0.05) is 12.1 Å². The summed E-state index contributed by atoms with van der Waals surface area (Å²) < 4.78 is 0. The minimum atomic E-state index is 0.0656. The van der Waals surface area contributed by atoms with Crippen LogP contribution in [0.4, 0.5) is 0 Å². The molecule has 1 saturated heterocycles. The highest BCUT2D eigenvalue weighted by Gasteiger charge is 2.35. The summed E-state index contributed by atoms with van der Waals surface area (Å²) >= 11 is 0. The third-order valence-electron chi connectivity index (χ3n) is 6.23. The standard InChI is InChI=1S/C18H32N2O/c1-12-7-9-15(13(2)11-12)20-18(21)17-10-8-14-5-3-4-6-16(14)19-17/h12-17,19H,3-11H2,1-2H3,(H,20,21). The molecule has 3 fully saturated rings. The average Bonchev–Trinajstić information content (AvgIpc) is 2.49. The Kier molecular flexibility index (Phi) is 4.88. The Hall–Kier alpha value is -0.570. The van der Waals surface area contributed by atoms with Gasteiger partial charge in [-0.3, -0.25) is 4.79 Å². The molecule has 2 N–H and O–H groups in total. The van der Waals surface area contributed by atoms with Crippen LogP contribution in [0.15, 0.2) is 0 Å². The molecule has 3 aliphatic rings. The van der Waals surface area contributed by atoms with Gasteiger partial charge in [0.05, 0.1) is 6.04 Å². The van der Waals surface area contributed by atoms with Crippen LogP contribution in [0, 0.1) is 17.8 Å². The molecule has 1 amide bonds. The molecule has 3 nitrogen and oxygen atoms in total. The Bertz CT molecular complexity index is 370. The molecule has 6 atom stereocenters. The number of fused-ring (bicyclic) bond motifs is 1. The lowest BCUT2D eigenvalue weighted by atomic mass is 9.77. The van der Waals surface area contributed by atoms with Gasteiger partial charge in [0.25, 0.3) is 0 Å². The predicted octanol–water partition coefficient (Wildman–Crippen LogP) is 3.24. The second kappa shape index (κ2) is 6.68. The van der Waals surface area contributed by atoms with Crippen LogP contribution >= 0.6 is 0 Å². The zero-order chi connectivity index (χ0) is 14.8. The summed E-state index contributed by atoms with van der Waals surface area (Å²) in [6, 6.07) is 1.07. The van der Waals surface area contributed by atoms with E-state index in [0.717, 1.165) is 24.7 Å². The maximum absolute atomic E-state index is 12.6. The number of hydrogen-bond donors (Lipinski definition) is 2. The van der Waals surface area contributed by atoms with Crippen molar-refractivity contribution in [3.05, 3.63) is 0 Å². The van der Waals surface area contributed by atoms with E-state index in [-0.39, 0.29) is 11.9 Å². The van der Waals surface area contributed by atoms with Gasteiger partial charge in [-0.05, 0) is 62.7 Å². The molecule has 0 aromatic heterocycles. The molecular formula is C18H32N2O. The SMILES string of the molecule is CC1CCC(NC(=O)C2CCC3CCCCC3N2)C(C)C1. The maximum Gasteiger partial charge on any atom is 0.237 e. The number of rotatable bonds is 2. The number of hydrogen-bond acceptors (Lipinski definition) is 2. The van der Waals surface area contributed by atoms with Crippen molar-refractivity contribution >= 4 is 5.91 Å². The lowest BCUT2D eigenvalue weighted by Gasteiger charge is -2.41. The molecule has 21 heavy (non-hydrogen) atoms. The highest BCUT2D eigenvalue weighted by molar-refractivity contribution is 5.82. The Morgan fingerprint density at radius 2 is 1.81 bits per heavy atom. The second-order valence-electron chi connectivity index (χ2n) is 7.96. The van der Waals surface area contributed by atoms with Crippen LogP contribution < -0.4 is 10.6 Å². The number of carbonyl (C=O) groups excluding carboxylic acids is 1. The maximum atomic E-state index is 12.6. The molecule has 1 heterocycles. The molecule has 2 saturated carbocycles. The number of nitrogens with one attached hydrogen (secondary N) is 2. The molecule has 0 aromatic rings. The van der Waals surface area contributed by atoms with Gasteiger partial charge in [0.15, 0.2) is 0 Å². The molecule has 0 spiro atoms. The first-order valence-corrected chi connectivity index (χ1v) is 9.20. The molecule has 0 radical (unpaired) electrons. The van der Waals surface area contributed by atoms with E-state index in [2.05, 4.69) is 24.5 Å². The van der Waals surface area contributed by atoms with Crippen molar-refractivity contribution in [2.75, 3.05) is 0 Å². The van der Waals surface area contributed by atoms with Crippen molar-refractivity contribution in [1.82, 2.24) is 10.6 Å². The smallest absolute Gasteiger partial charge is 0.237 e. The van der Waals surface area contributed by atoms with Crippen molar-refractivity contribution < 1.29 is 4.79 Å². The van der Waals surface area contributed by atoms with Crippen LogP contribution in [0.25, 0.3) is 0 Å². The monoisotopic (exact) mass is 292 g/mol. The van der Waals surface area contributed by atoms with Crippen LogP contribution in [0.2, 0.25) is 0 Å². The van der Waals surface area contributed by atoms with Crippen molar-refractivity contribution in [3.63, 3.8) is 0 Å². The first kappa shape index (κ1) is 15.3. The van der Waals surface area contributed by atoms with E-state index in [1.54, 1.807) is 0 Å². The first-order chi connectivity index (χ1) is 10.1. The number of piperidine rings is 1. The van der Waals surface area contributed by atoms with Crippen LogP contribution in [-0.2, 0) is 4.79 Å². The quantitative estimate of drug-likeness (QED) is 0.820. The van der Waals surface area contributed by atoms with Crippen molar-refractivity contribution in [2.45, 2.75) is 89.8 Å². The van der Waals surface area contributed by atoms with Crippen molar-refractivity contribution in [1.29, 1.82) is 0 Å². The van der Waals surface area contributed by atoms with Gasteiger partial charge in [0.2, 0.25) is 5.91 Å². The topological polar surface area (TPSA) is 41.1 Å². The lowest BCUT2D eigenvalue weighted by Crippen LogP contribution is -2.57. The summed E-state index contributed by atoms with van der Waals surface area (Å²) in [5, 5.41) is 7.01. The Balaban J connectivity index is 1.51. The van der Waals surface area contributed by atoms with Crippen LogP contribution in [0.1, 0.15) is 71.6 Å². The second-order valence-corrected chi connectivity index (χ2v) is 7.96. The fourth-order valence-electron chi connectivity index (χ4n) is 4.87. The summed E-state index contributed by atoms with van der Waals surface area (Å²) in [6.45, 7) is 4.63. The van der Waals surface area contributed by atoms with Gasteiger partial charge in [-0.15, -0.1) is 0 Å². The van der Waals surface area contributed by atoms with E-state index in [9.17, 15) is 4.79 Å². The molecule has 0 aromatic carbocycles. The van der Waals surface area contributed by atoms with Gasteiger partial charge < -0.3 is 10.6 Å². The van der Waals surface area contributed by atoms with Gasteiger partial charge in [0.1, 0.15) is 0 Å². The minimum Gasteiger partial charge on any atom is -0.352 e. The Morgan fingerprint density at radius 1 is 1.00 bits per heavy atom. The van der Waals surface area contributed by atoms with Crippen LogP contribution in [0.5, 0.6) is 0 Å². The van der Waals surface area contributed by atoms with E-state index in [4.69, 9.17) is 0 Å². The fraction of sp³-hybridized carbons (Fsp3) is 0.944. The number of amides is 1. The third kappa shape index (κ3) is 3.61. The van der Waals surface area contributed by atoms with E-state index in [1.165, 1.54) is 44.9 Å². The van der Waals surface area contributed by atoms with Crippen LogP contribution in [-0.4, -0.2) is 24.0 Å².